The van der Waals surface area contributed by atoms with Gasteiger partial charge in [-0.15, -0.1) is 0 Å². The molecule has 1 N–H and O–H groups in total. The van der Waals surface area contributed by atoms with E-state index in [4.69, 9.17) is 16.3 Å². The van der Waals surface area contributed by atoms with E-state index in [2.05, 4.69) is 0 Å². The molecule has 1 aromatic carbocycles. The topological polar surface area (TPSA) is 66.8 Å². The molecule has 0 aromatic heterocycles. The number of nitrogens with zero attached hydrogens (tertiary/aromatic N) is 1. The van der Waals surface area contributed by atoms with E-state index in [0.29, 0.717) is 11.6 Å². The molecule has 126 valence electrons. The molecule has 0 spiro atoms. The number of carbonyl (C=O) groups is 2. The summed E-state index contributed by atoms with van der Waals surface area (Å²) in [7, 11) is 0. The highest BCUT2D eigenvalue weighted by atomic mass is 35.5. The fraction of sp³-hybridized carbons (Fsp3) is 0.529. The molecule has 2 atom stereocenters. The van der Waals surface area contributed by atoms with E-state index in [9.17, 15) is 14.7 Å². The monoisotopic (exact) mass is 339 g/mol. The first-order valence-corrected chi connectivity index (χ1v) is 7.87. The van der Waals surface area contributed by atoms with Gasteiger partial charge in [0, 0.05) is 24.0 Å². The third-order valence-corrected chi connectivity index (χ3v) is 4.36. The van der Waals surface area contributed by atoms with Gasteiger partial charge in [0.25, 0.3) is 0 Å². The van der Waals surface area contributed by atoms with Gasteiger partial charge in [-0.05, 0) is 45.4 Å². The largest absolute Gasteiger partial charge is 0.481 e. The molecule has 23 heavy (non-hydrogen) atoms. The molecule has 1 heterocycles. The molecular formula is C17H22ClNO4. The van der Waals surface area contributed by atoms with Crippen molar-refractivity contribution in [3.8, 4) is 0 Å². The Morgan fingerprint density at radius 2 is 1.87 bits per heavy atom. The van der Waals surface area contributed by atoms with Crippen LogP contribution in [0, 0.1) is 5.41 Å². The fourth-order valence-electron chi connectivity index (χ4n) is 2.84. The van der Waals surface area contributed by atoms with E-state index in [0.717, 1.165) is 5.56 Å². The van der Waals surface area contributed by atoms with Crippen LogP contribution in [0.25, 0.3) is 0 Å². The average Bonchev–Trinajstić information content (AvgIpc) is 2.77. The normalized spacial score (nSPS) is 24.6. The highest BCUT2D eigenvalue weighted by molar-refractivity contribution is 6.30. The van der Waals surface area contributed by atoms with Crippen molar-refractivity contribution in [1.82, 2.24) is 4.90 Å². The predicted octanol–water partition coefficient (Wildman–Crippen LogP) is 3.77. The molecule has 0 radical (unpaired) electrons. The number of amides is 1. The third kappa shape index (κ3) is 3.78. The molecule has 0 bridgehead atoms. The molecule has 5 nitrogen and oxygen atoms in total. The molecule has 1 aliphatic heterocycles. The van der Waals surface area contributed by atoms with Crippen LogP contribution in [0.1, 0.15) is 39.2 Å². The second-order valence-corrected chi connectivity index (χ2v) is 7.62. The van der Waals surface area contributed by atoms with E-state index >= 15 is 0 Å². The Bertz CT molecular complexity index is 608. The molecule has 1 aliphatic rings. The van der Waals surface area contributed by atoms with Gasteiger partial charge in [0.15, 0.2) is 0 Å². The number of hydrogen-bond acceptors (Lipinski definition) is 3. The van der Waals surface area contributed by atoms with Crippen molar-refractivity contribution in [2.45, 2.75) is 39.2 Å². The second-order valence-electron chi connectivity index (χ2n) is 7.19. The van der Waals surface area contributed by atoms with Crippen molar-refractivity contribution < 1.29 is 19.4 Å². The standard InChI is InChI=1S/C17H22ClNO4/c1-16(2,3)23-15(22)19-9-13(17(4,10-19)14(20)21)11-5-7-12(18)8-6-11/h5-8,13H,9-10H2,1-4H3,(H,20,21)/t13-,17-/m1/s1. The molecular weight excluding hydrogens is 318 g/mol. The van der Waals surface area contributed by atoms with Crippen LogP contribution in [-0.4, -0.2) is 40.8 Å². The van der Waals surface area contributed by atoms with Gasteiger partial charge >= 0.3 is 12.1 Å². The molecule has 6 heteroatoms. The van der Waals surface area contributed by atoms with Crippen LogP contribution in [-0.2, 0) is 9.53 Å². The molecule has 1 fully saturated rings. The van der Waals surface area contributed by atoms with Crippen molar-refractivity contribution >= 4 is 23.7 Å². The number of likely N-dealkylation sites (tertiary alicyclic amines) is 1. The highest BCUT2D eigenvalue weighted by Crippen LogP contribution is 2.43. The van der Waals surface area contributed by atoms with Crippen molar-refractivity contribution in [2.75, 3.05) is 13.1 Å². The lowest BCUT2D eigenvalue weighted by atomic mass is 9.76. The SMILES string of the molecule is CC(C)(C)OC(=O)N1C[C@H](c2ccc(Cl)cc2)[C@](C)(C(=O)O)C1. The summed E-state index contributed by atoms with van der Waals surface area (Å²) in [4.78, 5) is 25.6. The Hall–Kier alpha value is -1.75. The Balaban J connectivity index is 2.28. The zero-order valence-electron chi connectivity index (χ0n) is 13.8. The van der Waals surface area contributed by atoms with Crippen molar-refractivity contribution in [3.63, 3.8) is 0 Å². The maximum Gasteiger partial charge on any atom is 0.410 e. The first-order chi connectivity index (χ1) is 10.5. The summed E-state index contributed by atoms with van der Waals surface area (Å²) >= 11 is 5.90. The van der Waals surface area contributed by atoms with E-state index < -0.39 is 23.1 Å². The number of carboxylic acid groups (broad SMARTS) is 1. The molecule has 1 aromatic rings. The zero-order chi connectivity index (χ0) is 17.4. The van der Waals surface area contributed by atoms with Gasteiger partial charge in [0.2, 0.25) is 0 Å². The van der Waals surface area contributed by atoms with Gasteiger partial charge in [0.1, 0.15) is 5.60 Å². The lowest BCUT2D eigenvalue weighted by Crippen LogP contribution is -2.38. The molecule has 2 rings (SSSR count). The Labute approximate surface area is 141 Å². The number of rotatable bonds is 2. The number of hydrogen-bond donors (Lipinski definition) is 1. The summed E-state index contributed by atoms with van der Waals surface area (Å²) in [5, 5.41) is 10.3. The van der Waals surface area contributed by atoms with Crippen LogP contribution in [0.2, 0.25) is 5.02 Å². The van der Waals surface area contributed by atoms with Gasteiger partial charge in [-0.3, -0.25) is 4.79 Å². The number of aliphatic carboxylic acids is 1. The smallest absolute Gasteiger partial charge is 0.410 e. The van der Waals surface area contributed by atoms with Crippen LogP contribution in [0.3, 0.4) is 0 Å². The summed E-state index contributed by atoms with van der Waals surface area (Å²) in [6, 6.07) is 7.09. The lowest BCUT2D eigenvalue weighted by molar-refractivity contribution is -0.147. The maximum atomic E-state index is 12.3. The van der Waals surface area contributed by atoms with Crippen LogP contribution in [0.4, 0.5) is 4.79 Å². The number of carbonyl (C=O) groups excluding carboxylic acids is 1. The van der Waals surface area contributed by atoms with E-state index in [1.807, 2.05) is 12.1 Å². The van der Waals surface area contributed by atoms with E-state index in [1.165, 1.54) is 4.90 Å². The maximum absolute atomic E-state index is 12.3. The Kier molecular flexibility index (Phi) is 4.62. The molecule has 0 unspecified atom stereocenters. The first kappa shape index (κ1) is 17.6. The summed E-state index contributed by atoms with van der Waals surface area (Å²) in [5.74, 6) is -1.24. The molecule has 0 saturated carbocycles. The van der Waals surface area contributed by atoms with Crippen molar-refractivity contribution in [1.29, 1.82) is 0 Å². The van der Waals surface area contributed by atoms with E-state index in [1.54, 1.807) is 39.8 Å². The van der Waals surface area contributed by atoms with Gasteiger partial charge in [0.05, 0.1) is 5.41 Å². The lowest BCUT2D eigenvalue weighted by Gasteiger charge is -2.26. The zero-order valence-corrected chi connectivity index (χ0v) is 14.6. The van der Waals surface area contributed by atoms with Gasteiger partial charge in [-0.2, -0.15) is 0 Å². The summed E-state index contributed by atoms with van der Waals surface area (Å²) in [6.45, 7) is 7.44. The number of carboxylic acids is 1. The van der Waals surface area contributed by atoms with E-state index in [-0.39, 0.29) is 12.5 Å². The summed E-state index contributed by atoms with van der Waals surface area (Å²) < 4.78 is 5.37. The number of benzene rings is 1. The minimum atomic E-state index is -1.06. The number of halogens is 1. The van der Waals surface area contributed by atoms with Crippen LogP contribution in [0.5, 0.6) is 0 Å². The Morgan fingerprint density at radius 1 is 1.30 bits per heavy atom. The van der Waals surface area contributed by atoms with Gasteiger partial charge in [-0.1, -0.05) is 23.7 Å². The van der Waals surface area contributed by atoms with Crippen molar-refractivity contribution in [2.24, 2.45) is 5.41 Å². The van der Waals surface area contributed by atoms with Gasteiger partial charge < -0.3 is 14.7 Å². The van der Waals surface area contributed by atoms with Gasteiger partial charge in [-0.25, -0.2) is 4.79 Å². The molecule has 1 saturated heterocycles. The van der Waals surface area contributed by atoms with Crippen LogP contribution < -0.4 is 0 Å². The van der Waals surface area contributed by atoms with Crippen LogP contribution >= 0.6 is 11.6 Å². The minimum absolute atomic E-state index is 0.116. The third-order valence-electron chi connectivity index (χ3n) is 4.10. The number of ether oxygens (including phenoxy) is 1. The first-order valence-electron chi connectivity index (χ1n) is 7.50. The highest BCUT2D eigenvalue weighted by Gasteiger charge is 2.51. The fourth-order valence-corrected chi connectivity index (χ4v) is 2.97. The molecule has 1 amide bonds. The summed E-state index contributed by atoms with van der Waals surface area (Å²) in [5.41, 5.74) is -0.829. The van der Waals surface area contributed by atoms with Crippen molar-refractivity contribution in [3.05, 3.63) is 34.9 Å². The molecule has 0 aliphatic carbocycles. The quantitative estimate of drug-likeness (QED) is 0.890. The second kappa shape index (κ2) is 6.04. The average molecular weight is 340 g/mol. The Morgan fingerprint density at radius 3 is 2.35 bits per heavy atom. The summed E-state index contributed by atoms with van der Waals surface area (Å²) in [6.07, 6.45) is -0.485. The van der Waals surface area contributed by atoms with Crippen LogP contribution in [0.15, 0.2) is 24.3 Å². The minimum Gasteiger partial charge on any atom is -0.481 e. The predicted molar refractivity (Wildman–Crippen MR) is 87.7 cm³/mol.